The van der Waals surface area contributed by atoms with Crippen molar-refractivity contribution in [2.45, 2.75) is 39.2 Å². The van der Waals surface area contributed by atoms with Gasteiger partial charge >= 0.3 is 0 Å². The molecule has 0 fully saturated rings. The average Bonchev–Trinajstić information content (AvgIpc) is 2.52. The fraction of sp³-hybridized carbons (Fsp3) is 0.421. The van der Waals surface area contributed by atoms with Crippen LogP contribution in [0.2, 0.25) is 0 Å². The number of benzene rings is 1. The van der Waals surface area contributed by atoms with Crippen molar-refractivity contribution >= 4 is 0 Å². The van der Waals surface area contributed by atoms with Gasteiger partial charge in [-0.1, -0.05) is 57.0 Å². The molecule has 1 unspecified atom stereocenters. The number of unbranched alkanes of at least 4 members (excludes halogenated alkanes) is 1. The maximum Gasteiger partial charge on any atom is 0.0577 e. The summed E-state index contributed by atoms with van der Waals surface area (Å²) >= 11 is 0. The van der Waals surface area contributed by atoms with E-state index in [2.05, 4.69) is 66.6 Å². The summed E-state index contributed by atoms with van der Waals surface area (Å²) < 4.78 is 0. The fourth-order valence-electron chi connectivity index (χ4n) is 2.55. The standard InChI is InChI=1S/C19H26N2/c1-16(2)8-6-7-13-21-19(17-9-4-3-5-10-17)18-11-14-20-15-12-18/h3-5,9-12,14-16,19,21H,6-8,13H2,1-2H3. The van der Waals surface area contributed by atoms with Gasteiger partial charge in [0, 0.05) is 12.4 Å². The monoisotopic (exact) mass is 282 g/mol. The predicted octanol–water partition coefficient (Wildman–Crippen LogP) is 4.59. The summed E-state index contributed by atoms with van der Waals surface area (Å²) in [6.45, 7) is 5.63. The molecule has 1 aromatic heterocycles. The van der Waals surface area contributed by atoms with Crippen molar-refractivity contribution < 1.29 is 0 Å². The van der Waals surface area contributed by atoms with Crippen LogP contribution < -0.4 is 5.32 Å². The summed E-state index contributed by atoms with van der Waals surface area (Å²) in [5, 5.41) is 3.70. The highest BCUT2D eigenvalue weighted by Crippen LogP contribution is 2.21. The molecule has 0 aliphatic heterocycles. The molecule has 1 N–H and O–H groups in total. The van der Waals surface area contributed by atoms with Gasteiger partial charge in [-0.2, -0.15) is 0 Å². The van der Waals surface area contributed by atoms with E-state index >= 15 is 0 Å². The zero-order valence-electron chi connectivity index (χ0n) is 13.1. The number of rotatable bonds is 8. The molecular formula is C19H26N2. The maximum atomic E-state index is 4.12. The van der Waals surface area contributed by atoms with Crippen molar-refractivity contribution in [1.82, 2.24) is 10.3 Å². The second kappa shape index (κ2) is 8.58. The van der Waals surface area contributed by atoms with E-state index < -0.39 is 0 Å². The molecule has 1 aromatic carbocycles. The third kappa shape index (κ3) is 5.31. The molecule has 2 rings (SSSR count). The van der Waals surface area contributed by atoms with Crippen LogP contribution in [0, 0.1) is 5.92 Å². The molecule has 2 nitrogen and oxygen atoms in total. The molecule has 1 heterocycles. The van der Waals surface area contributed by atoms with E-state index in [9.17, 15) is 0 Å². The number of aromatic nitrogens is 1. The smallest absolute Gasteiger partial charge is 0.0577 e. The van der Waals surface area contributed by atoms with Gasteiger partial charge in [-0.05, 0) is 42.1 Å². The topological polar surface area (TPSA) is 24.9 Å². The molecule has 21 heavy (non-hydrogen) atoms. The highest BCUT2D eigenvalue weighted by Gasteiger charge is 2.12. The molecule has 2 aromatic rings. The first kappa shape index (κ1) is 15.7. The Morgan fingerprint density at radius 2 is 1.57 bits per heavy atom. The van der Waals surface area contributed by atoms with Crippen LogP contribution in [0.5, 0.6) is 0 Å². The van der Waals surface area contributed by atoms with E-state index in [0.717, 1.165) is 12.5 Å². The second-order valence-corrected chi connectivity index (χ2v) is 5.97. The van der Waals surface area contributed by atoms with Crippen molar-refractivity contribution in [1.29, 1.82) is 0 Å². The van der Waals surface area contributed by atoms with Crippen molar-refractivity contribution in [2.75, 3.05) is 6.54 Å². The molecule has 0 amide bonds. The first-order valence-electron chi connectivity index (χ1n) is 7.95. The summed E-state index contributed by atoms with van der Waals surface area (Å²) in [7, 11) is 0. The van der Waals surface area contributed by atoms with Crippen LogP contribution in [0.25, 0.3) is 0 Å². The van der Waals surface area contributed by atoms with Crippen molar-refractivity contribution in [3.05, 3.63) is 66.0 Å². The van der Waals surface area contributed by atoms with E-state index in [4.69, 9.17) is 0 Å². The summed E-state index contributed by atoms with van der Waals surface area (Å²) in [6.07, 6.45) is 7.57. The molecule has 0 bridgehead atoms. The maximum absolute atomic E-state index is 4.12. The Kier molecular flexibility index (Phi) is 6.42. The van der Waals surface area contributed by atoms with Gasteiger partial charge < -0.3 is 5.32 Å². The largest absolute Gasteiger partial charge is 0.306 e. The molecule has 0 saturated heterocycles. The minimum absolute atomic E-state index is 0.258. The van der Waals surface area contributed by atoms with Crippen LogP contribution in [-0.2, 0) is 0 Å². The molecule has 112 valence electrons. The van der Waals surface area contributed by atoms with Crippen LogP contribution >= 0.6 is 0 Å². The molecular weight excluding hydrogens is 256 g/mol. The van der Waals surface area contributed by atoms with E-state index in [1.807, 2.05) is 12.4 Å². The Hall–Kier alpha value is -1.67. The predicted molar refractivity (Wildman–Crippen MR) is 89.2 cm³/mol. The average molecular weight is 282 g/mol. The van der Waals surface area contributed by atoms with Gasteiger partial charge in [0.25, 0.3) is 0 Å². The van der Waals surface area contributed by atoms with Gasteiger partial charge in [0.15, 0.2) is 0 Å². The number of pyridine rings is 1. The van der Waals surface area contributed by atoms with Gasteiger partial charge in [0.05, 0.1) is 6.04 Å². The van der Waals surface area contributed by atoms with E-state index in [1.165, 1.54) is 30.4 Å². The van der Waals surface area contributed by atoms with Crippen molar-refractivity contribution in [2.24, 2.45) is 5.92 Å². The summed E-state index contributed by atoms with van der Waals surface area (Å²) in [5.74, 6) is 0.801. The summed E-state index contributed by atoms with van der Waals surface area (Å²) in [6, 6.07) is 15.1. The van der Waals surface area contributed by atoms with Crippen LogP contribution in [0.15, 0.2) is 54.9 Å². The van der Waals surface area contributed by atoms with Crippen LogP contribution in [-0.4, -0.2) is 11.5 Å². The quantitative estimate of drug-likeness (QED) is 0.716. The molecule has 0 aliphatic rings. The number of nitrogens with one attached hydrogen (secondary N) is 1. The Labute approximate surface area is 128 Å². The Bertz CT molecular complexity index is 454. The van der Waals surface area contributed by atoms with Crippen LogP contribution in [0.4, 0.5) is 0 Å². The molecule has 0 radical (unpaired) electrons. The van der Waals surface area contributed by atoms with E-state index in [-0.39, 0.29) is 6.04 Å². The molecule has 2 heteroatoms. The van der Waals surface area contributed by atoms with Crippen molar-refractivity contribution in [3.63, 3.8) is 0 Å². The zero-order valence-corrected chi connectivity index (χ0v) is 13.1. The Balaban J connectivity index is 1.97. The van der Waals surface area contributed by atoms with E-state index in [0.29, 0.717) is 0 Å². The van der Waals surface area contributed by atoms with Gasteiger partial charge in [-0.3, -0.25) is 4.98 Å². The second-order valence-electron chi connectivity index (χ2n) is 5.97. The first-order chi connectivity index (χ1) is 10.3. The van der Waals surface area contributed by atoms with Gasteiger partial charge in [0.1, 0.15) is 0 Å². The number of hydrogen-bond donors (Lipinski definition) is 1. The van der Waals surface area contributed by atoms with Crippen LogP contribution in [0.1, 0.15) is 50.3 Å². The Morgan fingerprint density at radius 3 is 2.24 bits per heavy atom. The molecule has 1 atom stereocenters. The lowest BCUT2D eigenvalue weighted by Gasteiger charge is -2.20. The molecule has 0 spiro atoms. The highest BCUT2D eigenvalue weighted by molar-refractivity contribution is 5.30. The lowest BCUT2D eigenvalue weighted by Crippen LogP contribution is -2.23. The highest BCUT2D eigenvalue weighted by atomic mass is 14.9. The number of hydrogen-bond acceptors (Lipinski definition) is 2. The zero-order chi connectivity index (χ0) is 14.9. The lowest BCUT2D eigenvalue weighted by molar-refractivity contribution is 0.506. The third-order valence-electron chi connectivity index (χ3n) is 3.73. The lowest BCUT2D eigenvalue weighted by atomic mass is 9.99. The van der Waals surface area contributed by atoms with Crippen LogP contribution in [0.3, 0.4) is 0 Å². The normalized spacial score (nSPS) is 12.5. The summed E-state index contributed by atoms with van der Waals surface area (Å²) in [5.41, 5.74) is 2.59. The van der Waals surface area contributed by atoms with Gasteiger partial charge in [-0.25, -0.2) is 0 Å². The van der Waals surface area contributed by atoms with Crippen molar-refractivity contribution in [3.8, 4) is 0 Å². The minimum Gasteiger partial charge on any atom is -0.306 e. The molecule has 0 saturated carbocycles. The van der Waals surface area contributed by atoms with Gasteiger partial charge in [-0.15, -0.1) is 0 Å². The van der Waals surface area contributed by atoms with Gasteiger partial charge in [0.2, 0.25) is 0 Å². The van der Waals surface area contributed by atoms with E-state index in [1.54, 1.807) is 0 Å². The fourth-order valence-corrected chi connectivity index (χ4v) is 2.55. The number of nitrogens with zero attached hydrogens (tertiary/aromatic N) is 1. The SMILES string of the molecule is CC(C)CCCCNC(c1ccccc1)c1ccncc1. The third-order valence-corrected chi connectivity index (χ3v) is 3.73. The summed E-state index contributed by atoms with van der Waals surface area (Å²) in [4.78, 5) is 4.12. The molecule has 0 aliphatic carbocycles. The Morgan fingerprint density at radius 1 is 0.905 bits per heavy atom. The minimum atomic E-state index is 0.258. The first-order valence-corrected chi connectivity index (χ1v) is 7.95.